The lowest BCUT2D eigenvalue weighted by molar-refractivity contribution is -0.117. The van der Waals surface area contributed by atoms with Crippen molar-refractivity contribution in [3.05, 3.63) is 60.4 Å². The Hall–Kier alpha value is -4.02. The Balaban J connectivity index is 1.11. The minimum absolute atomic E-state index is 0.0128. The summed E-state index contributed by atoms with van der Waals surface area (Å²) in [5, 5.41) is 8.95. The van der Waals surface area contributed by atoms with Crippen molar-refractivity contribution >= 4 is 28.4 Å². The van der Waals surface area contributed by atoms with Gasteiger partial charge >= 0.3 is 0 Å². The van der Waals surface area contributed by atoms with Crippen LogP contribution in [0.2, 0.25) is 0 Å². The van der Waals surface area contributed by atoms with Crippen LogP contribution in [-0.2, 0) is 4.79 Å². The molecule has 4 aromatic rings. The molecule has 7 rings (SSSR count). The average Bonchev–Trinajstić information content (AvgIpc) is 3.76. The Morgan fingerprint density at radius 1 is 0.977 bits per heavy atom. The second-order valence-corrected chi connectivity index (χ2v) is 12.3. The Bertz CT molecular complexity index is 1610. The number of fused-ring (bicyclic) bond motifs is 1. The predicted octanol–water partition coefficient (Wildman–Crippen LogP) is 4.56. The molecule has 2 aliphatic heterocycles. The van der Waals surface area contributed by atoms with Crippen LogP contribution in [0.4, 0.5) is 11.5 Å². The lowest BCUT2D eigenvalue weighted by Gasteiger charge is -2.41. The standard InChI is InChI=1S/C33H40N8O2/c1-39-14-10-23(11-15-39)40-16-12-24(13-17-40)41-32-29(31(34)35-20-36-32)30(38-41)22-8-9-27(28(18-22)43-2)37-33(42)26-19-25(26)21-6-4-3-5-7-21/h3-9,18,20,23-26H,10-17,19H2,1-2H3,(H,37,42)(H2,34,35,36)/t25-,26+/m0/s1. The first-order valence-electron chi connectivity index (χ1n) is 15.5. The van der Waals surface area contributed by atoms with E-state index in [2.05, 4.69) is 48.9 Å². The molecule has 43 heavy (non-hydrogen) atoms. The van der Waals surface area contributed by atoms with Crippen LogP contribution in [0.3, 0.4) is 0 Å². The highest BCUT2D eigenvalue weighted by Gasteiger charge is 2.44. The first-order chi connectivity index (χ1) is 21.0. The van der Waals surface area contributed by atoms with Crippen molar-refractivity contribution in [2.24, 2.45) is 5.92 Å². The molecule has 1 aliphatic carbocycles. The van der Waals surface area contributed by atoms with Gasteiger partial charge in [-0.1, -0.05) is 36.4 Å². The number of carbonyl (C=O) groups excluding carboxylic acids is 1. The fourth-order valence-corrected chi connectivity index (χ4v) is 7.03. The number of likely N-dealkylation sites (tertiary alicyclic amines) is 2. The highest BCUT2D eigenvalue weighted by Crippen LogP contribution is 2.48. The van der Waals surface area contributed by atoms with Crippen molar-refractivity contribution in [1.29, 1.82) is 0 Å². The van der Waals surface area contributed by atoms with Gasteiger partial charge in [0.1, 0.15) is 23.6 Å². The van der Waals surface area contributed by atoms with Gasteiger partial charge in [0.15, 0.2) is 5.65 Å². The third-order valence-corrected chi connectivity index (χ3v) is 9.66. The van der Waals surface area contributed by atoms with E-state index < -0.39 is 0 Å². The van der Waals surface area contributed by atoms with Crippen molar-refractivity contribution in [1.82, 2.24) is 29.5 Å². The predicted molar refractivity (Wildman–Crippen MR) is 168 cm³/mol. The number of nitrogens with zero attached hydrogens (tertiary/aromatic N) is 6. The quantitative estimate of drug-likeness (QED) is 0.327. The highest BCUT2D eigenvalue weighted by molar-refractivity contribution is 6.00. The van der Waals surface area contributed by atoms with E-state index in [9.17, 15) is 4.79 Å². The number of carbonyl (C=O) groups is 1. The fourth-order valence-electron chi connectivity index (χ4n) is 7.03. The van der Waals surface area contributed by atoms with Crippen LogP contribution >= 0.6 is 0 Å². The number of anilines is 2. The second kappa shape index (κ2) is 11.6. The number of aromatic nitrogens is 4. The van der Waals surface area contributed by atoms with Crippen molar-refractivity contribution in [3.63, 3.8) is 0 Å². The van der Waals surface area contributed by atoms with Gasteiger partial charge in [-0.2, -0.15) is 5.10 Å². The SMILES string of the molecule is COc1cc(-c2nn(C3CCN(C4CCN(C)CC4)CC3)c3ncnc(N)c23)ccc1NC(=O)[C@@H]1C[C@H]1c1ccccc1. The number of methoxy groups -OCH3 is 1. The third-order valence-electron chi connectivity index (χ3n) is 9.66. The summed E-state index contributed by atoms with van der Waals surface area (Å²) in [6.07, 6.45) is 6.90. The van der Waals surface area contributed by atoms with Crippen LogP contribution in [0.1, 0.15) is 49.6 Å². The Morgan fingerprint density at radius 2 is 1.72 bits per heavy atom. The molecule has 3 N–H and O–H groups in total. The normalized spacial score (nSPS) is 22.1. The van der Waals surface area contributed by atoms with Gasteiger partial charge in [0.05, 0.1) is 24.2 Å². The van der Waals surface area contributed by atoms with Crippen molar-refractivity contribution in [2.45, 2.75) is 50.1 Å². The summed E-state index contributed by atoms with van der Waals surface area (Å²) in [6.45, 7) is 4.47. The topological polar surface area (TPSA) is 114 Å². The summed E-state index contributed by atoms with van der Waals surface area (Å²) in [6, 6.07) is 16.9. The highest BCUT2D eigenvalue weighted by atomic mass is 16.5. The van der Waals surface area contributed by atoms with E-state index in [0.29, 0.717) is 23.3 Å². The molecule has 3 fully saturated rings. The molecule has 0 bridgehead atoms. The van der Waals surface area contributed by atoms with Crippen LogP contribution in [-0.4, -0.2) is 81.8 Å². The van der Waals surface area contributed by atoms with E-state index in [0.717, 1.165) is 54.6 Å². The number of piperidine rings is 2. The molecule has 2 aromatic heterocycles. The van der Waals surface area contributed by atoms with E-state index in [4.69, 9.17) is 15.6 Å². The van der Waals surface area contributed by atoms with Crippen molar-refractivity contribution in [3.8, 4) is 17.0 Å². The van der Waals surface area contributed by atoms with E-state index in [1.807, 2.05) is 36.4 Å². The molecule has 2 saturated heterocycles. The molecule has 10 heteroatoms. The third kappa shape index (κ3) is 5.45. The Morgan fingerprint density at radius 3 is 2.47 bits per heavy atom. The maximum atomic E-state index is 13.1. The number of nitrogens with one attached hydrogen (secondary N) is 1. The number of hydrogen-bond donors (Lipinski definition) is 2. The zero-order valence-electron chi connectivity index (χ0n) is 24.9. The summed E-state index contributed by atoms with van der Waals surface area (Å²) in [7, 11) is 3.83. The average molecular weight is 581 g/mol. The van der Waals surface area contributed by atoms with Crippen LogP contribution in [0.25, 0.3) is 22.3 Å². The fraction of sp³-hybridized carbons (Fsp3) is 0.455. The number of rotatable bonds is 7. The molecular formula is C33H40N8O2. The van der Waals surface area contributed by atoms with Gasteiger partial charge in [-0.3, -0.25) is 4.79 Å². The maximum Gasteiger partial charge on any atom is 0.228 e. The molecular weight excluding hydrogens is 540 g/mol. The number of ether oxygens (including phenoxy) is 1. The molecule has 3 aliphatic rings. The van der Waals surface area contributed by atoms with Gasteiger partial charge in [-0.25, -0.2) is 14.6 Å². The lowest BCUT2D eigenvalue weighted by atomic mass is 9.98. The molecule has 1 saturated carbocycles. The van der Waals surface area contributed by atoms with Gasteiger partial charge in [0.25, 0.3) is 0 Å². The smallest absolute Gasteiger partial charge is 0.228 e. The van der Waals surface area contributed by atoms with E-state index >= 15 is 0 Å². The van der Waals surface area contributed by atoms with Gasteiger partial charge in [0, 0.05) is 30.6 Å². The van der Waals surface area contributed by atoms with Gasteiger partial charge < -0.3 is 25.6 Å². The number of nitrogens with two attached hydrogens (primary N) is 1. The van der Waals surface area contributed by atoms with Crippen LogP contribution < -0.4 is 15.8 Å². The second-order valence-electron chi connectivity index (χ2n) is 12.3. The van der Waals surface area contributed by atoms with E-state index in [1.54, 1.807) is 7.11 Å². The van der Waals surface area contributed by atoms with Crippen molar-refractivity contribution < 1.29 is 9.53 Å². The summed E-state index contributed by atoms with van der Waals surface area (Å²) in [4.78, 5) is 27.1. The van der Waals surface area contributed by atoms with Gasteiger partial charge in [-0.05, 0) is 75.9 Å². The van der Waals surface area contributed by atoms with E-state index in [-0.39, 0.29) is 23.8 Å². The zero-order valence-corrected chi connectivity index (χ0v) is 24.9. The maximum absolute atomic E-state index is 13.1. The van der Waals surface area contributed by atoms with Gasteiger partial charge in [0.2, 0.25) is 5.91 Å². The summed E-state index contributed by atoms with van der Waals surface area (Å²) in [5.41, 5.74) is 10.6. The lowest BCUT2D eigenvalue weighted by Crippen LogP contribution is -2.47. The number of hydrogen-bond acceptors (Lipinski definition) is 8. The number of nitrogen functional groups attached to an aromatic ring is 1. The minimum Gasteiger partial charge on any atom is -0.495 e. The first-order valence-corrected chi connectivity index (χ1v) is 15.5. The van der Waals surface area contributed by atoms with Crippen molar-refractivity contribution in [2.75, 3.05) is 51.4 Å². The van der Waals surface area contributed by atoms with Gasteiger partial charge in [-0.15, -0.1) is 0 Å². The molecule has 0 radical (unpaired) electrons. The summed E-state index contributed by atoms with van der Waals surface area (Å²) >= 11 is 0. The largest absolute Gasteiger partial charge is 0.495 e. The molecule has 1 amide bonds. The zero-order chi connectivity index (χ0) is 29.5. The van der Waals surface area contributed by atoms with Crippen LogP contribution in [0, 0.1) is 5.92 Å². The monoisotopic (exact) mass is 580 g/mol. The van der Waals surface area contributed by atoms with E-state index in [1.165, 1.54) is 37.8 Å². The van der Waals surface area contributed by atoms with Crippen LogP contribution in [0.15, 0.2) is 54.9 Å². The summed E-state index contributed by atoms with van der Waals surface area (Å²) in [5.74, 6) is 1.23. The van der Waals surface area contributed by atoms with Crippen LogP contribution in [0.5, 0.6) is 5.75 Å². The molecule has 2 aromatic carbocycles. The first kappa shape index (κ1) is 27.8. The number of benzene rings is 2. The molecule has 0 unspecified atom stereocenters. The molecule has 2 atom stereocenters. The molecule has 224 valence electrons. The Kier molecular flexibility index (Phi) is 7.48. The molecule has 0 spiro atoms. The summed E-state index contributed by atoms with van der Waals surface area (Å²) < 4.78 is 7.80. The number of amides is 1. The minimum atomic E-state index is -0.0331. The Labute approximate surface area is 252 Å². The molecule has 4 heterocycles. The molecule has 10 nitrogen and oxygen atoms in total.